The van der Waals surface area contributed by atoms with Gasteiger partial charge < -0.3 is 88.1 Å². The summed E-state index contributed by atoms with van der Waals surface area (Å²) in [7, 11) is 27.9. The van der Waals surface area contributed by atoms with Gasteiger partial charge in [-0.05, 0) is 72.8 Å². The maximum atomic E-state index is 10.4. The maximum absolute atomic E-state index is 10.4. The Bertz CT molecular complexity index is 3160. The van der Waals surface area contributed by atoms with E-state index in [0.717, 1.165) is 87.0 Å². The molecule has 0 saturated heterocycles. The Morgan fingerprint density at radius 2 is 0.621 bits per heavy atom. The Labute approximate surface area is 667 Å². The predicted octanol–water partition coefficient (Wildman–Crippen LogP) is 16.2. The molecule has 0 radical (unpaired) electrons. The summed E-state index contributed by atoms with van der Waals surface area (Å²) in [6.45, 7) is 19.0. The Hall–Kier alpha value is -4.44. The summed E-state index contributed by atoms with van der Waals surface area (Å²) in [4.78, 5) is 66.7. The smallest absolute Gasteiger partial charge is 0 e. The van der Waals surface area contributed by atoms with Crippen molar-refractivity contribution in [2.75, 3.05) is 14.1 Å². The molecule has 3 N–H and O–H groups in total. The maximum Gasteiger partial charge on any atom is 0 e. The number of aldehydes is 4. The third kappa shape index (κ3) is 50.5. The molecule has 0 saturated carbocycles. The Morgan fingerprint density at radius 3 is 0.800 bits per heavy atom. The molecule has 0 aliphatic heterocycles. The largest absolute Gasteiger partial charge is 0.870 e. The minimum absolute atomic E-state index is 0. The number of pyridine rings is 5. The summed E-state index contributed by atoms with van der Waals surface area (Å²) < 4.78 is 0. The van der Waals surface area contributed by atoms with Gasteiger partial charge in [-0.2, -0.15) is 0 Å². The van der Waals surface area contributed by atoms with Crippen LogP contribution in [-0.2, 0) is 72.8 Å². The van der Waals surface area contributed by atoms with Gasteiger partial charge in [-0.25, -0.2) is 0 Å². The van der Waals surface area contributed by atoms with E-state index in [1.54, 1.807) is 112 Å². The van der Waals surface area contributed by atoms with E-state index in [9.17, 15) is 19.2 Å². The van der Waals surface area contributed by atoms with Crippen LogP contribution in [0.15, 0.2) is 230 Å². The first-order chi connectivity index (χ1) is 44.0. The topological polar surface area (TPSA) is 296 Å². The number of nitrogens with zero attached hydrogens (tertiary/aromatic N) is 10. The van der Waals surface area contributed by atoms with Crippen molar-refractivity contribution >= 4 is 142 Å². The fourth-order valence-corrected chi connectivity index (χ4v) is 6.26. The van der Waals surface area contributed by atoms with Gasteiger partial charge in [0.1, 0.15) is 25.1 Å². The third-order valence-electron chi connectivity index (χ3n) is 9.90. The van der Waals surface area contributed by atoms with Gasteiger partial charge in [-0.15, -0.1) is 89.5 Å². The zero-order chi connectivity index (χ0) is 68.2. The molecule has 10 rings (SSSR count). The standard InChI is InChI=1S/C13H11N2.2C12H9NO.2C12H8NO.CH5N.4CN.2CH4.5ClH.2K.H2O.4Pt/c1-14-10-11-5-7-12(8-6-11)13-4-2-3-9-15-13;4*14-9-10-4-6-11(7-5-10)12-3-1-2-8-13-12;5*1-2;;;;;;;;;;;;;;/h2-7,9-10H,1H3;2*1-9H;2*1-6,8-9H;2H2,1H3;;;;;2*1H4;5*1H;;;1H2;;;;/q-1;;;2*-1;;4*-1;;;;;;;;;;;;;+2;+4/p-6. The fourth-order valence-electron chi connectivity index (χ4n) is 6.26. The molecule has 0 spiro atoms. The summed E-state index contributed by atoms with van der Waals surface area (Å²) in [5, 5.41) is 25.0. The van der Waals surface area contributed by atoms with Crippen LogP contribution in [-0.4, -0.2) is 139 Å². The van der Waals surface area contributed by atoms with Crippen LogP contribution in [0, 0.1) is 65.5 Å². The average Bonchev–Trinajstić information content (AvgIpc) is 1.69. The first kappa shape index (κ1) is 107. The van der Waals surface area contributed by atoms with Crippen molar-refractivity contribution in [1.82, 2.24) is 24.9 Å². The number of aromatic nitrogens is 5. The molecule has 16 nitrogen and oxygen atoms in total. The van der Waals surface area contributed by atoms with Crippen molar-refractivity contribution in [3.63, 3.8) is 0 Å². The number of carbonyl (C=O) groups is 4. The van der Waals surface area contributed by atoms with Crippen LogP contribution in [0.4, 0.5) is 0 Å². The van der Waals surface area contributed by atoms with Crippen LogP contribution >= 0.6 is 47.1 Å². The second-order valence-corrected chi connectivity index (χ2v) is 34.8. The van der Waals surface area contributed by atoms with Crippen molar-refractivity contribution in [2.24, 2.45) is 10.7 Å². The molecule has 27 heteroatoms. The quantitative estimate of drug-likeness (QED) is 0.0576. The molecule has 5 aromatic carbocycles. The number of nitrogens with two attached hydrogens (primary N) is 1. The van der Waals surface area contributed by atoms with Gasteiger partial charge in [-0.3, -0.25) is 19.6 Å². The summed E-state index contributed by atoms with van der Waals surface area (Å²) >= 11 is 1.06. The van der Waals surface area contributed by atoms with E-state index in [1.165, 1.54) is 70.2 Å². The van der Waals surface area contributed by atoms with Crippen molar-refractivity contribution in [1.29, 1.82) is 21.0 Å². The summed E-state index contributed by atoms with van der Waals surface area (Å²) in [6, 6.07) is 69.1. The Balaban J connectivity index is -0.000000154. The summed E-state index contributed by atoms with van der Waals surface area (Å²) in [6.07, 6.45) is 13.8. The van der Waals surface area contributed by atoms with E-state index in [-0.39, 0.29) is 62.5 Å². The first-order valence-electron chi connectivity index (χ1n) is 25.1. The molecule has 95 heavy (non-hydrogen) atoms. The molecule has 5 aromatic heterocycles. The zero-order valence-corrected chi connectivity index (χ0v) is 68.6. The van der Waals surface area contributed by atoms with Gasteiger partial charge >= 0.3 is 141 Å². The van der Waals surface area contributed by atoms with Crippen molar-refractivity contribution in [2.45, 2.75) is 14.9 Å². The fraction of sp³-hybridized carbons (Fsp3) is 0.0588. The molecule has 0 atom stereocenters. The van der Waals surface area contributed by atoms with Crippen molar-refractivity contribution < 1.29 is 97.5 Å². The van der Waals surface area contributed by atoms with Gasteiger partial charge in [0, 0.05) is 102 Å². The van der Waals surface area contributed by atoms with E-state index in [4.69, 9.17) is 85.0 Å². The number of rotatable bonds is 10. The van der Waals surface area contributed by atoms with Gasteiger partial charge in [0.15, 0.2) is 0 Å². The first-order valence-corrected chi connectivity index (χ1v) is 55.2. The minimum Gasteiger partial charge on any atom is -0.870 e. The van der Waals surface area contributed by atoms with Gasteiger partial charge in [0.25, 0.3) is 0 Å². The summed E-state index contributed by atoms with van der Waals surface area (Å²) in [5.41, 5.74) is 17.5. The van der Waals surface area contributed by atoms with Crippen LogP contribution < -0.4 is 5.73 Å². The molecule has 0 fully saturated rings. The molecular weight excluding hydrogens is 2090 g/mol. The van der Waals surface area contributed by atoms with Gasteiger partial charge in [0.2, 0.25) is 0 Å². The molecule has 5 heterocycles. The van der Waals surface area contributed by atoms with Gasteiger partial charge in [-0.1, -0.05) is 129 Å². The molecule has 0 unspecified atom stereocenters. The third-order valence-corrected chi connectivity index (χ3v) is 9.90. The molecule has 0 aliphatic carbocycles. The number of benzene rings is 5. The van der Waals surface area contributed by atoms with E-state index >= 15 is 0 Å². The van der Waals surface area contributed by atoms with Gasteiger partial charge in [0.05, 0.1) is 11.4 Å². The second kappa shape index (κ2) is 73.8. The SMILES string of the molecule is C.C.CN.CN=Cc1c[c-]c(-c2ccccn2)cc1.O=Cc1c[c-]c(-c2ccccn2)cc1.O=Cc1c[c-]c(-c2ccccn2)cc1.O=Cc1ccc(-c2ccccn2)cc1.O=Cc1ccc(-c2ccccn2)cc1.[C-]#N.[C-]#N.[C-]#N.[C-]#N.[Cl][Pt+].[Cl][Pt]([Cl])([Cl])[Cl].[K][K].[OH-].[Pt].[Pt]. The molecular formula is C68H59Cl5K2N11O5Pt4-7. The van der Waals surface area contributed by atoms with Crippen LogP contribution in [0.25, 0.3) is 56.3 Å². The number of halogens is 5. The minimum atomic E-state index is -3.06. The van der Waals surface area contributed by atoms with Crippen LogP contribution in [0.1, 0.15) is 61.8 Å². The molecule has 500 valence electrons. The monoisotopic (exact) mass is 2140 g/mol. The number of carbonyl (C=O) groups excluding carboxylic acids is 4. The zero-order valence-electron chi connectivity index (χ0n) is 49.5. The Kier molecular flexibility index (Phi) is 82.8. The second-order valence-electron chi connectivity index (χ2n) is 15.1. The predicted molar refractivity (Wildman–Crippen MR) is 366 cm³/mol. The normalized spacial score (nSPS) is 8.53. The van der Waals surface area contributed by atoms with Crippen LogP contribution in [0.3, 0.4) is 0 Å². The molecule has 0 bridgehead atoms. The Morgan fingerprint density at radius 1 is 0.411 bits per heavy atom. The number of hydrogen-bond donors (Lipinski definition) is 1. The molecule has 0 amide bonds. The summed E-state index contributed by atoms with van der Waals surface area (Å²) in [5.74, 6) is 0. The van der Waals surface area contributed by atoms with Crippen molar-refractivity contribution in [3.05, 3.63) is 297 Å². The number of hydrogen-bond acceptors (Lipinski definition) is 16. The number of aliphatic imine (C=N–C) groups is 1. The molecule has 0 aliphatic rings. The van der Waals surface area contributed by atoms with Crippen LogP contribution in [0.5, 0.6) is 0 Å². The average molecular weight is 2150 g/mol. The van der Waals surface area contributed by atoms with Crippen molar-refractivity contribution in [3.8, 4) is 56.3 Å². The van der Waals surface area contributed by atoms with E-state index in [0.29, 0.717) is 22.3 Å². The van der Waals surface area contributed by atoms with E-state index < -0.39 is 11.9 Å². The van der Waals surface area contributed by atoms with Crippen LogP contribution in [0.2, 0.25) is 0 Å². The van der Waals surface area contributed by atoms with E-state index in [1.807, 2.05) is 146 Å². The molecule has 10 aromatic rings. The van der Waals surface area contributed by atoms with E-state index in [2.05, 4.69) is 63.3 Å².